The predicted octanol–water partition coefficient (Wildman–Crippen LogP) is 1.69. The van der Waals surface area contributed by atoms with Crippen LogP contribution >= 0.6 is 11.6 Å². The third-order valence-corrected chi connectivity index (χ3v) is 3.54. The molecule has 0 saturated heterocycles. The molecule has 4 N–H and O–H groups in total. The molecule has 130 valence electrons. The van der Waals surface area contributed by atoms with E-state index >= 15 is 0 Å². The van der Waals surface area contributed by atoms with Crippen LogP contribution in [0.4, 0.5) is 14.9 Å². The molecular weight excluding hydrogens is 349 g/mol. The number of primary amides is 1. The van der Waals surface area contributed by atoms with Crippen LogP contribution in [-0.2, 0) is 11.4 Å². The summed E-state index contributed by atoms with van der Waals surface area (Å²) >= 11 is 5.98. The summed E-state index contributed by atoms with van der Waals surface area (Å²) in [5, 5.41) is 5.39. The van der Waals surface area contributed by atoms with E-state index in [2.05, 4.69) is 0 Å². The molecule has 0 fully saturated rings. The Kier molecular flexibility index (Phi) is 5.71. The van der Waals surface area contributed by atoms with E-state index in [1.165, 1.54) is 6.92 Å². The number of nitrogens with zero attached hydrogens (tertiary/aromatic N) is 1. The summed E-state index contributed by atoms with van der Waals surface area (Å²) in [6.45, 7) is 1.44. The van der Waals surface area contributed by atoms with Crippen molar-refractivity contribution in [1.29, 1.82) is 0 Å². The number of hydrogen-bond acceptors (Lipinski definition) is 3. The van der Waals surface area contributed by atoms with E-state index in [4.69, 9.17) is 27.5 Å². The summed E-state index contributed by atoms with van der Waals surface area (Å²) in [5.74, 6) is -1.75. The van der Waals surface area contributed by atoms with Gasteiger partial charge in [-0.05, 0) is 11.6 Å². The zero-order chi connectivity index (χ0) is 18.6. The van der Waals surface area contributed by atoms with E-state index in [1.54, 1.807) is 0 Å². The molecule has 0 aliphatic rings. The number of halogens is 2. The number of hydrogen-bond donors (Lipinski definition) is 2. The minimum absolute atomic E-state index is 0.0116. The second kappa shape index (κ2) is 7.76. The molecule has 2 rings (SSSR count). The van der Waals surface area contributed by atoms with Gasteiger partial charge in [-0.25, -0.2) is 14.1 Å². The van der Waals surface area contributed by atoms with E-state index in [0.29, 0.717) is 4.90 Å². The zero-order valence-electron chi connectivity index (χ0n) is 13.3. The van der Waals surface area contributed by atoms with E-state index in [9.17, 15) is 14.0 Å². The van der Waals surface area contributed by atoms with Crippen molar-refractivity contribution in [1.82, 2.24) is 0 Å². The van der Waals surface area contributed by atoms with Crippen molar-refractivity contribution in [2.24, 2.45) is 5.73 Å². The number of amides is 3. The number of imide groups is 1. The number of rotatable bonds is 5. The van der Waals surface area contributed by atoms with Crippen LogP contribution < -0.4 is 20.8 Å². The minimum Gasteiger partial charge on any atom is -0.487 e. The van der Waals surface area contributed by atoms with Crippen LogP contribution in [0.25, 0.3) is 0 Å². The van der Waals surface area contributed by atoms with Gasteiger partial charge >= 0.3 is 11.9 Å². The molecule has 6 nitrogen and oxygen atoms in total. The molecule has 0 heterocycles. The highest BCUT2D eigenvalue weighted by molar-refractivity contribution is 6.45. The fourth-order valence-electron chi connectivity index (χ4n) is 2.04. The van der Waals surface area contributed by atoms with Crippen LogP contribution in [0.1, 0.15) is 12.5 Å². The molecule has 2 aromatic carbocycles. The average molecular weight is 365 g/mol. The fraction of sp³-hybridized carbons (Fsp3) is 0.118. The van der Waals surface area contributed by atoms with E-state index in [1.807, 2.05) is 30.3 Å². The van der Waals surface area contributed by atoms with E-state index in [0.717, 1.165) is 17.7 Å². The number of nitrogens with two attached hydrogens (primary N) is 2. The second-order valence-corrected chi connectivity index (χ2v) is 5.58. The van der Waals surface area contributed by atoms with Crippen molar-refractivity contribution < 1.29 is 24.1 Å². The number of anilines is 1. The Hall–Kier alpha value is -2.93. The lowest BCUT2D eigenvalue weighted by Gasteiger charge is -2.19. The Morgan fingerprint density at radius 3 is 2.48 bits per heavy atom. The van der Waals surface area contributed by atoms with Crippen LogP contribution in [0.3, 0.4) is 0 Å². The molecule has 25 heavy (non-hydrogen) atoms. The van der Waals surface area contributed by atoms with Gasteiger partial charge < -0.3 is 10.5 Å². The predicted molar refractivity (Wildman–Crippen MR) is 91.9 cm³/mol. The first-order valence-corrected chi connectivity index (χ1v) is 7.57. The quantitative estimate of drug-likeness (QED) is 0.790. The van der Waals surface area contributed by atoms with Crippen LogP contribution in [-0.4, -0.2) is 17.6 Å². The topological polar surface area (TPSA) is 98.2 Å². The molecule has 0 bridgehead atoms. The van der Waals surface area contributed by atoms with E-state index < -0.39 is 23.4 Å². The summed E-state index contributed by atoms with van der Waals surface area (Å²) in [6.07, 6.45) is 0. The highest BCUT2D eigenvalue weighted by Crippen LogP contribution is 2.33. The molecule has 3 amide bonds. The summed E-state index contributed by atoms with van der Waals surface area (Å²) in [6, 6.07) is 10.1. The van der Waals surface area contributed by atoms with Crippen molar-refractivity contribution in [2.45, 2.75) is 13.5 Å². The van der Waals surface area contributed by atoms with Crippen LogP contribution in [0.15, 0.2) is 42.5 Å². The summed E-state index contributed by atoms with van der Waals surface area (Å²) in [7, 11) is 0. The van der Waals surface area contributed by atoms with Gasteiger partial charge in [0, 0.05) is 13.0 Å². The lowest BCUT2D eigenvalue weighted by Crippen LogP contribution is -2.53. The van der Waals surface area contributed by atoms with Crippen molar-refractivity contribution in [3.63, 3.8) is 0 Å². The molecule has 2 aromatic rings. The molecule has 0 aliphatic carbocycles. The Balaban J connectivity index is 2.37. The fourth-order valence-corrected chi connectivity index (χ4v) is 2.25. The Morgan fingerprint density at radius 1 is 1.28 bits per heavy atom. The van der Waals surface area contributed by atoms with Gasteiger partial charge in [0.05, 0.1) is 10.7 Å². The number of carbonyl (C=O) groups is 2. The first-order chi connectivity index (χ1) is 11.8. The maximum atomic E-state index is 14.2. The Bertz CT molecular complexity index is 827. The third kappa shape index (κ3) is 4.33. The first kappa shape index (κ1) is 18.4. The molecule has 8 heteroatoms. The van der Waals surface area contributed by atoms with Gasteiger partial charge in [0.15, 0.2) is 0 Å². The van der Waals surface area contributed by atoms with Gasteiger partial charge in [0.25, 0.3) is 0 Å². The molecule has 0 spiro atoms. The maximum Gasteiger partial charge on any atom is 0.326 e. The SMILES string of the molecule is CC(=[NH2+])C(=O)N(C(N)=O)c1cc(OCc2ccccc2)c(Cl)cc1F. The molecule has 0 atom stereocenters. The summed E-state index contributed by atoms with van der Waals surface area (Å²) in [5.41, 5.74) is 5.43. The highest BCUT2D eigenvalue weighted by atomic mass is 35.5. The third-order valence-electron chi connectivity index (χ3n) is 3.24. The number of urea groups is 1. The Labute approximate surface area is 148 Å². The zero-order valence-corrected chi connectivity index (χ0v) is 14.1. The van der Waals surface area contributed by atoms with Gasteiger partial charge in [0.1, 0.15) is 18.2 Å². The largest absolute Gasteiger partial charge is 0.487 e. The van der Waals surface area contributed by atoms with E-state index in [-0.39, 0.29) is 23.1 Å². The van der Waals surface area contributed by atoms with Gasteiger partial charge in [-0.1, -0.05) is 41.9 Å². The van der Waals surface area contributed by atoms with Crippen LogP contribution in [0.2, 0.25) is 5.02 Å². The molecule has 0 saturated carbocycles. The number of ether oxygens (including phenoxy) is 1. The van der Waals surface area contributed by atoms with Crippen LogP contribution in [0, 0.1) is 5.82 Å². The lowest BCUT2D eigenvalue weighted by atomic mass is 10.2. The minimum atomic E-state index is -1.18. The van der Waals surface area contributed by atoms with Crippen molar-refractivity contribution >= 4 is 34.9 Å². The average Bonchev–Trinajstić information content (AvgIpc) is 2.56. The van der Waals surface area contributed by atoms with Crippen LogP contribution in [0.5, 0.6) is 5.75 Å². The monoisotopic (exact) mass is 364 g/mol. The van der Waals surface area contributed by atoms with Gasteiger partial charge in [-0.15, -0.1) is 0 Å². The normalized spacial score (nSPS) is 10.2. The highest BCUT2D eigenvalue weighted by Gasteiger charge is 2.29. The number of benzene rings is 2. The smallest absolute Gasteiger partial charge is 0.326 e. The number of carbonyl (C=O) groups excluding carboxylic acids is 2. The molecule has 0 aliphatic heterocycles. The van der Waals surface area contributed by atoms with Crippen molar-refractivity contribution in [3.8, 4) is 5.75 Å². The molecular formula is C17H16ClFN3O3+. The van der Waals surface area contributed by atoms with Gasteiger partial charge in [-0.2, -0.15) is 0 Å². The second-order valence-electron chi connectivity index (χ2n) is 5.17. The lowest BCUT2D eigenvalue weighted by molar-refractivity contribution is -0.134. The molecule has 0 unspecified atom stereocenters. The van der Waals surface area contributed by atoms with Crippen molar-refractivity contribution in [2.75, 3.05) is 4.90 Å². The Morgan fingerprint density at radius 2 is 1.92 bits per heavy atom. The standard InChI is InChI=1S/C17H15ClFN3O3/c1-10(20)16(23)22(17(21)24)14-8-15(12(18)7-13(14)19)25-9-11-5-3-2-4-6-11/h2-8,20H,9H2,1H3,(H2,21,24)/p+1. The molecule has 0 radical (unpaired) electrons. The van der Waals surface area contributed by atoms with Gasteiger partial charge in [0.2, 0.25) is 5.71 Å². The first-order valence-electron chi connectivity index (χ1n) is 7.20. The van der Waals surface area contributed by atoms with Gasteiger partial charge in [-0.3, -0.25) is 10.2 Å². The molecule has 0 aromatic heterocycles. The summed E-state index contributed by atoms with van der Waals surface area (Å²) in [4.78, 5) is 24.1. The van der Waals surface area contributed by atoms with Crippen molar-refractivity contribution in [3.05, 3.63) is 58.9 Å². The maximum absolute atomic E-state index is 14.2. The summed E-state index contributed by atoms with van der Waals surface area (Å²) < 4.78 is 19.8.